The SMILES string of the molecule is O=c1c2[nH]c3ccc(Cl)cc3c2ncn1N=Cc1cccc(O)c1. The summed E-state index contributed by atoms with van der Waals surface area (Å²) in [6, 6.07) is 11.9. The highest BCUT2D eigenvalue weighted by atomic mass is 35.5. The van der Waals surface area contributed by atoms with E-state index in [0.717, 1.165) is 15.6 Å². The predicted molar refractivity (Wildman–Crippen MR) is 94.0 cm³/mol. The number of nitrogens with zero attached hydrogens (tertiary/aromatic N) is 3. The van der Waals surface area contributed by atoms with Crippen molar-refractivity contribution >= 4 is 39.8 Å². The van der Waals surface area contributed by atoms with Crippen molar-refractivity contribution in [1.29, 1.82) is 0 Å². The lowest BCUT2D eigenvalue weighted by Gasteiger charge is -1.98. The van der Waals surface area contributed by atoms with Crippen molar-refractivity contribution in [2.24, 2.45) is 5.10 Å². The van der Waals surface area contributed by atoms with E-state index in [1.54, 1.807) is 42.5 Å². The molecule has 0 aliphatic carbocycles. The van der Waals surface area contributed by atoms with Crippen molar-refractivity contribution < 1.29 is 5.11 Å². The summed E-state index contributed by atoms with van der Waals surface area (Å²) in [6.07, 6.45) is 2.84. The molecule has 2 N–H and O–H groups in total. The monoisotopic (exact) mass is 338 g/mol. The Labute approximate surface area is 140 Å². The van der Waals surface area contributed by atoms with Gasteiger partial charge in [-0.05, 0) is 35.9 Å². The van der Waals surface area contributed by atoms with E-state index < -0.39 is 0 Å². The molecule has 0 bridgehead atoms. The summed E-state index contributed by atoms with van der Waals surface area (Å²) >= 11 is 6.01. The van der Waals surface area contributed by atoms with E-state index in [2.05, 4.69) is 15.1 Å². The van der Waals surface area contributed by atoms with Crippen molar-refractivity contribution in [3.63, 3.8) is 0 Å². The van der Waals surface area contributed by atoms with Crippen LogP contribution in [0.1, 0.15) is 5.56 Å². The summed E-state index contributed by atoms with van der Waals surface area (Å²) in [5.74, 6) is 0.132. The molecule has 0 aliphatic heterocycles. The van der Waals surface area contributed by atoms with Crippen LogP contribution in [0, 0.1) is 0 Å². The van der Waals surface area contributed by atoms with Crippen LogP contribution in [-0.4, -0.2) is 26.0 Å². The molecule has 4 aromatic rings. The maximum atomic E-state index is 12.6. The summed E-state index contributed by atoms with van der Waals surface area (Å²) in [7, 11) is 0. The number of benzene rings is 2. The Morgan fingerprint density at radius 1 is 1.25 bits per heavy atom. The van der Waals surface area contributed by atoms with E-state index in [0.29, 0.717) is 21.6 Å². The Bertz CT molecular complexity index is 1160. The molecule has 0 unspecified atom stereocenters. The first-order valence-corrected chi connectivity index (χ1v) is 7.51. The molecule has 6 nitrogen and oxygen atoms in total. The van der Waals surface area contributed by atoms with Gasteiger partial charge in [0.05, 0.1) is 6.21 Å². The molecular formula is C17H11ClN4O2. The molecule has 0 aliphatic rings. The average molecular weight is 339 g/mol. The van der Waals surface area contributed by atoms with Gasteiger partial charge in [0.15, 0.2) is 0 Å². The zero-order valence-electron chi connectivity index (χ0n) is 12.3. The molecular weight excluding hydrogens is 328 g/mol. The lowest BCUT2D eigenvalue weighted by Crippen LogP contribution is -2.17. The van der Waals surface area contributed by atoms with Crippen LogP contribution in [-0.2, 0) is 0 Å². The van der Waals surface area contributed by atoms with Crippen LogP contribution < -0.4 is 5.56 Å². The van der Waals surface area contributed by atoms with Crippen LogP contribution in [0.15, 0.2) is 58.7 Å². The number of nitrogens with one attached hydrogen (secondary N) is 1. The zero-order chi connectivity index (χ0) is 16.7. The summed E-state index contributed by atoms with van der Waals surface area (Å²) in [5, 5.41) is 14.9. The van der Waals surface area contributed by atoms with Gasteiger partial charge in [0.1, 0.15) is 23.1 Å². The molecule has 0 amide bonds. The molecule has 2 aromatic carbocycles. The molecule has 0 radical (unpaired) electrons. The van der Waals surface area contributed by atoms with E-state index in [1.807, 2.05) is 0 Å². The minimum Gasteiger partial charge on any atom is -0.508 e. The number of aromatic amines is 1. The average Bonchev–Trinajstić information content (AvgIpc) is 2.93. The summed E-state index contributed by atoms with van der Waals surface area (Å²) < 4.78 is 1.14. The molecule has 7 heteroatoms. The number of fused-ring (bicyclic) bond motifs is 3. The Kier molecular flexibility index (Phi) is 3.32. The van der Waals surface area contributed by atoms with Crippen molar-refractivity contribution in [3.05, 3.63) is 69.7 Å². The second kappa shape index (κ2) is 5.50. The number of H-pyrrole nitrogens is 1. The fraction of sp³-hybridized carbons (Fsp3) is 0. The third kappa shape index (κ3) is 2.43. The van der Waals surface area contributed by atoms with E-state index in [1.165, 1.54) is 12.5 Å². The van der Waals surface area contributed by atoms with Crippen LogP contribution in [0.3, 0.4) is 0 Å². The molecule has 0 spiro atoms. The quantitative estimate of drug-likeness (QED) is 0.551. The van der Waals surface area contributed by atoms with Gasteiger partial charge in [-0.25, -0.2) is 4.98 Å². The van der Waals surface area contributed by atoms with Crippen LogP contribution in [0.4, 0.5) is 0 Å². The van der Waals surface area contributed by atoms with Gasteiger partial charge < -0.3 is 10.1 Å². The Hall–Kier alpha value is -3.12. The summed E-state index contributed by atoms with van der Waals surface area (Å²) in [5.41, 5.74) is 2.06. The predicted octanol–water partition coefficient (Wildman–Crippen LogP) is 3.12. The third-order valence-electron chi connectivity index (χ3n) is 3.65. The standard InChI is InChI=1S/C17H11ClN4O2/c18-11-4-5-14-13(7-11)15-16(21-14)17(24)22(9-19-15)20-8-10-2-1-3-12(23)6-10/h1-9,21,23H. The van der Waals surface area contributed by atoms with Crippen LogP contribution in [0.2, 0.25) is 5.02 Å². The van der Waals surface area contributed by atoms with Crippen molar-refractivity contribution in [3.8, 4) is 5.75 Å². The largest absolute Gasteiger partial charge is 0.508 e. The van der Waals surface area contributed by atoms with Crippen molar-refractivity contribution in [2.75, 3.05) is 0 Å². The highest BCUT2D eigenvalue weighted by molar-refractivity contribution is 6.31. The summed E-state index contributed by atoms with van der Waals surface area (Å²) in [4.78, 5) is 19.9. The molecule has 0 fully saturated rings. The van der Waals surface area contributed by atoms with Gasteiger partial charge in [0.2, 0.25) is 0 Å². The molecule has 0 saturated carbocycles. The fourth-order valence-electron chi connectivity index (χ4n) is 2.53. The molecule has 4 rings (SSSR count). The minimum atomic E-state index is -0.316. The number of phenols is 1. The second-order valence-electron chi connectivity index (χ2n) is 5.27. The topological polar surface area (TPSA) is 83.3 Å². The van der Waals surface area contributed by atoms with E-state index in [4.69, 9.17) is 11.6 Å². The van der Waals surface area contributed by atoms with Gasteiger partial charge >= 0.3 is 0 Å². The van der Waals surface area contributed by atoms with E-state index in [-0.39, 0.29) is 11.3 Å². The van der Waals surface area contributed by atoms with Crippen molar-refractivity contribution in [2.45, 2.75) is 0 Å². The van der Waals surface area contributed by atoms with Crippen LogP contribution >= 0.6 is 11.6 Å². The lowest BCUT2D eigenvalue weighted by molar-refractivity contribution is 0.475. The van der Waals surface area contributed by atoms with Crippen molar-refractivity contribution in [1.82, 2.24) is 14.6 Å². The van der Waals surface area contributed by atoms with Gasteiger partial charge in [-0.2, -0.15) is 9.78 Å². The number of hydrogen-bond donors (Lipinski definition) is 2. The number of halogens is 1. The maximum Gasteiger partial charge on any atom is 0.298 e. The molecule has 0 atom stereocenters. The number of hydrogen-bond acceptors (Lipinski definition) is 4. The Morgan fingerprint density at radius 3 is 2.96 bits per heavy atom. The highest BCUT2D eigenvalue weighted by Gasteiger charge is 2.10. The molecule has 0 saturated heterocycles. The van der Waals surface area contributed by atoms with Gasteiger partial charge in [0, 0.05) is 15.9 Å². The van der Waals surface area contributed by atoms with Crippen LogP contribution in [0.5, 0.6) is 5.75 Å². The lowest BCUT2D eigenvalue weighted by atomic mass is 10.2. The molecule has 118 valence electrons. The maximum absolute atomic E-state index is 12.6. The fourth-order valence-corrected chi connectivity index (χ4v) is 2.71. The third-order valence-corrected chi connectivity index (χ3v) is 3.89. The van der Waals surface area contributed by atoms with E-state index >= 15 is 0 Å². The molecule has 2 heterocycles. The van der Waals surface area contributed by atoms with Gasteiger partial charge in [-0.3, -0.25) is 4.79 Å². The van der Waals surface area contributed by atoms with Gasteiger partial charge in [-0.15, -0.1) is 0 Å². The number of rotatable bonds is 2. The van der Waals surface area contributed by atoms with E-state index in [9.17, 15) is 9.90 Å². The second-order valence-corrected chi connectivity index (χ2v) is 5.71. The van der Waals surface area contributed by atoms with Gasteiger partial charge in [-0.1, -0.05) is 23.7 Å². The smallest absolute Gasteiger partial charge is 0.298 e. The molecule has 24 heavy (non-hydrogen) atoms. The minimum absolute atomic E-state index is 0.132. The Morgan fingerprint density at radius 2 is 2.12 bits per heavy atom. The first kappa shape index (κ1) is 14.5. The first-order chi connectivity index (χ1) is 11.6. The first-order valence-electron chi connectivity index (χ1n) is 7.14. The number of aromatic nitrogens is 3. The number of aromatic hydroxyl groups is 1. The van der Waals surface area contributed by atoms with Gasteiger partial charge in [0.25, 0.3) is 5.56 Å². The molecule has 2 aromatic heterocycles. The normalized spacial score (nSPS) is 11.7. The summed E-state index contributed by atoms with van der Waals surface area (Å²) in [6.45, 7) is 0. The number of phenolic OH excluding ortho intramolecular Hbond substituents is 1. The highest BCUT2D eigenvalue weighted by Crippen LogP contribution is 2.24. The Balaban J connectivity index is 1.84. The zero-order valence-corrected chi connectivity index (χ0v) is 13.0. The van der Waals surface area contributed by atoms with Crippen LogP contribution in [0.25, 0.3) is 21.9 Å².